The van der Waals surface area contributed by atoms with Crippen LogP contribution in [0.2, 0.25) is 0 Å². The first-order chi connectivity index (χ1) is 22.7. The van der Waals surface area contributed by atoms with E-state index in [2.05, 4.69) is 0 Å². The molecule has 12 unspecified atom stereocenters. The number of rotatable bonds is 6. The highest BCUT2D eigenvalue weighted by molar-refractivity contribution is 5.74. The third-order valence-corrected chi connectivity index (χ3v) is 8.42. The Morgan fingerprint density at radius 1 is 0.708 bits per heavy atom. The number of allylic oxidation sites excluding steroid dienone is 8. The van der Waals surface area contributed by atoms with Gasteiger partial charge in [0.1, 0.15) is 30.3 Å². The second-order valence-electron chi connectivity index (χ2n) is 12.9. The molecule has 0 aliphatic carbocycles. The zero-order valence-electron chi connectivity index (χ0n) is 28.5. The number of unbranched alkanes of at least 4 members (excludes halogenated alkanes) is 3. The van der Waals surface area contributed by atoms with E-state index in [1.807, 2.05) is 6.92 Å². The summed E-state index contributed by atoms with van der Waals surface area (Å²) in [6.07, 6.45) is 1.65. The predicted molar refractivity (Wildman–Crippen MR) is 181 cm³/mol. The lowest BCUT2D eigenvalue weighted by molar-refractivity contribution is -0.168. The molecule has 1 aliphatic rings. The fraction of sp³-hybridized carbons (Fsp3) is 0.694. The number of carbonyl (C=O) groups excluding carboxylic acids is 1. The summed E-state index contributed by atoms with van der Waals surface area (Å²) in [5, 5.41) is 105. The smallest absolute Gasteiger partial charge is 0.314 e. The molecule has 0 bridgehead atoms. The van der Waals surface area contributed by atoms with Gasteiger partial charge in [-0.3, -0.25) is 4.79 Å². The van der Waals surface area contributed by atoms with Crippen LogP contribution in [0.1, 0.15) is 85.0 Å². The van der Waals surface area contributed by atoms with Gasteiger partial charge in [-0.2, -0.15) is 0 Å². The van der Waals surface area contributed by atoms with E-state index in [-0.39, 0.29) is 32.1 Å². The van der Waals surface area contributed by atoms with Crippen molar-refractivity contribution in [3.63, 3.8) is 0 Å². The average Bonchev–Trinajstić information content (AvgIpc) is 3.00. The monoisotopic (exact) mass is 684 g/mol. The van der Waals surface area contributed by atoms with E-state index in [1.165, 1.54) is 13.0 Å². The second-order valence-corrected chi connectivity index (χ2v) is 12.9. The molecular formula is C36H60O12. The summed E-state index contributed by atoms with van der Waals surface area (Å²) in [5.41, 5.74) is 0.357. The summed E-state index contributed by atoms with van der Waals surface area (Å²) in [4.78, 5) is 13.2. The Morgan fingerprint density at radius 2 is 1.21 bits per heavy atom. The average molecular weight is 685 g/mol. The fourth-order valence-corrected chi connectivity index (χ4v) is 5.47. The Morgan fingerprint density at radius 3 is 1.77 bits per heavy atom. The van der Waals surface area contributed by atoms with Gasteiger partial charge in [0.05, 0.1) is 42.7 Å². The van der Waals surface area contributed by atoms with Gasteiger partial charge in [-0.25, -0.2) is 0 Å². The third kappa shape index (κ3) is 17.4. The summed E-state index contributed by atoms with van der Waals surface area (Å²) >= 11 is 0. The predicted octanol–water partition coefficient (Wildman–Crippen LogP) is 1.25. The topological polar surface area (TPSA) is 229 Å². The van der Waals surface area contributed by atoms with Gasteiger partial charge in [-0.1, -0.05) is 87.3 Å². The molecule has 10 N–H and O–H groups in total. The molecule has 12 atom stereocenters. The number of aliphatic hydroxyl groups excluding tert-OH is 10. The largest absolute Gasteiger partial charge is 0.459 e. The Labute approximate surface area is 284 Å². The van der Waals surface area contributed by atoms with Crippen LogP contribution in [-0.4, -0.2) is 124 Å². The zero-order chi connectivity index (χ0) is 36.2. The van der Waals surface area contributed by atoms with E-state index in [0.717, 1.165) is 19.3 Å². The van der Waals surface area contributed by atoms with E-state index in [1.54, 1.807) is 55.5 Å². The molecule has 48 heavy (non-hydrogen) atoms. The van der Waals surface area contributed by atoms with Crippen molar-refractivity contribution >= 4 is 5.97 Å². The van der Waals surface area contributed by atoms with Crippen LogP contribution in [0.25, 0.3) is 0 Å². The maximum atomic E-state index is 13.2. The zero-order valence-corrected chi connectivity index (χ0v) is 28.5. The van der Waals surface area contributed by atoms with Crippen molar-refractivity contribution < 1.29 is 60.6 Å². The first kappa shape index (κ1) is 43.8. The molecule has 0 fully saturated rings. The van der Waals surface area contributed by atoms with Crippen LogP contribution in [0.3, 0.4) is 0 Å². The lowest BCUT2D eigenvalue weighted by atomic mass is 9.87. The van der Waals surface area contributed by atoms with Crippen molar-refractivity contribution in [1.29, 1.82) is 0 Å². The Hall–Kier alpha value is -2.23. The molecule has 12 heteroatoms. The van der Waals surface area contributed by atoms with Crippen LogP contribution in [0, 0.1) is 5.92 Å². The van der Waals surface area contributed by atoms with Crippen molar-refractivity contribution in [3.8, 4) is 0 Å². The molecule has 0 aromatic rings. The Kier molecular flexibility index (Phi) is 21.9. The molecule has 276 valence electrons. The summed E-state index contributed by atoms with van der Waals surface area (Å²) in [5.74, 6) is -2.37. The van der Waals surface area contributed by atoms with Crippen molar-refractivity contribution in [2.24, 2.45) is 5.92 Å². The summed E-state index contributed by atoms with van der Waals surface area (Å²) in [6.45, 7) is 5.07. The van der Waals surface area contributed by atoms with E-state index < -0.39 is 85.5 Å². The van der Waals surface area contributed by atoms with Crippen molar-refractivity contribution in [3.05, 3.63) is 60.3 Å². The van der Waals surface area contributed by atoms with Crippen molar-refractivity contribution in [1.82, 2.24) is 0 Å². The molecule has 0 aromatic heterocycles. The minimum Gasteiger partial charge on any atom is -0.459 e. The summed E-state index contributed by atoms with van der Waals surface area (Å²) < 4.78 is 5.43. The van der Waals surface area contributed by atoms with Gasteiger partial charge in [0, 0.05) is 12.8 Å². The van der Waals surface area contributed by atoms with Crippen LogP contribution in [-0.2, 0) is 9.53 Å². The third-order valence-electron chi connectivity index (χ3n) is 8.42. The van der Waals surface area contributed by atoms with Crippen LogP contribution in [0.4, 0.5) is 0 Å². The second kappa shape index (κ2) is 24.0. The molecule has 0 radical (unpaired) electrons. The number of hydrogen-bond donors (Lipinski definition) is 10. The minimum atomic E-state index is -1.61. The van der Waals surface area contributed by atoms with Gasteiger partial charge in [0.25, 0.3) is 0 Å². The van der Waals surface area contributed by atoms with Gasteiger partial charge in [0.15, 0.2) is 0 Å². The van der Waals surface area contributed by atoms with Gasteiger partial charge >= 0.3 is 5.97 Å². The summed E-state index contributed by atoms with van der Waals surface area (Å²) in [6, 6.07) is 0. The molecule has 0 aromatic carbocycles. The maximum absolute atomic E-state index is 13.2. The Balaban J connectivity index is 3.19. The molecule has 12 nitrogen and oxygen atoms in total. The molecule has 0 saturated carbocycles. The normalized spacial score (nSPS) is 35.3. The number of carbonyl (C=O) groups is 1. The highest BCUT2D eigenvalue weighted by Crippen LogP contribution is 2.24. The number of hydrogen-bond acceptors (Lipinski definition) is 12. The van der Waals surface area contributed by atoms with Gasteiger partial charge in [-0.15, -0.1) is 0 Å². The maximum Gasteiger partial charge on any atom is 0.314 e. The molecule has 0 saturated heterocycles. The van der Waals surface area contributed by atoms with Crippen LogP contribution < -0.4 is 0 Å². The molecule has 0 amide bonds. The quantitative estimate of drug-likeness (QED) is 0.141. The highest BCUT2D eigenvalue weighted by atomic mass is 16.6. The molecule has 0 spiro atoms. The van der Waals surface area contributed by atoms with Crippen LogP contribution in [0.5, 0.6) is 0 Å². The Bertz CT molecular complexity index is 1040. The van der Waals surface area contributed by atoms with E-state index >= 15 is 0 Å². The van der Waals surface area contributed by atoms with E-state index in [4.69, 9.17) is 4.74 Å². The first-order valence-electron chi connectivity index (χ1n) is 17.0. The number of aliphatic hydroxyl groups is 10. The molecule has 1 aliphatic heterocycles. The van der Waals surface area contributed by atoms with Gasteiger partial charge in [-0.05, 0) is 45.1 Å². The highest BCUT2D eigenvalue weighted by Gasteiger charge is 2.37. The van der Waals surface area contributed by atoms with Crippen LogP contribution in [0.15, 0.2) is 60.3 Å². The minimum absolute atomic E-state index is 0.203. The molecular weight excluding hydrogens is 624 g/mol. The van der Waals surface area contributed by atoms with E-state index in [0.29, 0.717) is 12.0 Å². The van der Waals surface area contributed by atoms with Crippen molar-refractivity contribution in [2.75, 3.05) is 0 Å². The lowest BCUT2D eigenvalue weighted by Crippen LogP contribution is -2.43. The molecule has 1 rings (SSSR count). The standard InChI is InChI=1S/C36H60O12/c1-4-5-6-13-17-30(42)33-31(43)21-27(39)19-25(37)18-26(38)20-28(40)22-32(44)35(46)34(45)23(2)15-12-10-8-7-9-11-14-16-29(41)24(3)48-36(33)47/h7-12,14-16,24-35,37-46H,4-6,13,17-22H2,1-3H3. The van der Waals surface area contributed by atoms with E-state index in [9.17, 15) is 55.9 Å². The lowest BCUT2D eigenvalue weighted by Gasteiger charge is -2.30. The first-order valence-corrected chi connectivity index (χ1v) is 17.0. The SMILES string of the molecule is CCCCCCC(O)C1C(=O)OC(C)C(O)C=CC=CC=CC=CC=C(C)C(O)C(O)C(O)CC(O)CC(O)CC(O)CC(O)CC1O. The number of ether oxygens (including phenoxy) is 1. The van der Waals surface area contributed by atoms with Gasteiger partial charge in [0.2, 0.25) is 0 Å². The van der Waals surface area contributed by atoms with Gasteiger partial charge < -0.3 is 55.8 Å². The fourth-order valence-electron chi connectivity index (χ4n) is 5.47. The molecule has 1 heterocycles. The number of esters is 1. The summed E-state index contributed by atoms with van der Waals surface area (Å²) in [7, 11) is 0. The number of cyclic esters (lactones) is 1. The van der Waals surface area contributed by atoms with Crippen molar-refractivity contribution in [2.45, 2.75) is 152 Å². The van der Waals surface area contributed by atoms with Crippen LogP contribution >= 0.6 is 0 Å².